The minimum atomic E-state index is -0.0198. The van der Waals surface area contributed by atoms with Crippen molar-refractivity contribution in [3.05, 3.63) is 39.9 Å². The van der Waals surface area contributed by atoms with Gasteiger partial charge in [0.15, 0.2) is 11.4 Å². The van der Waals surface area contributed by atoms with Crippen LogP contribution in [0.3, 0.4) is 0 Å². The molecule has 0 fully saturated rings. The molecule has 0 spiro atoms. The van der Waals surface area contributed by atoms with E-state index in [-0.39, 0.29) is 17.6 Å². The first-order valence-corrected chi connectivity index (χ1v) is 7.59. The molecule has 0 aliphatic rings. The summed E-state index contributed by atoms with van der Waals surface area (Å²) in [6.45, 7) is 13.9. The van der Waals surface area contributed by atoms with E-state index < -0.39 is 0 Å². The average Bonchev–Trinajstić information content (AvgIpc) is 2.44. The molecule has 4 nitrogen and oxygen atoms in total. The maximum absolute atomic E-state index is 12.4. The molecule has 0 unspecified atom stereocenters. The molecule has 116 valence electrons. The fourth-order valence-corrected chi connectivity index (χ4v) is 2.01. The van der Waals surface area contributed by atoms with E-state index in [1.807, 2.05) is 54.5 Å². The molecular formula is C17H26N2O2. The largest absolute Gasteiger partial charge is 0.487 e. The molecule has 2 heterocycles. The van der Waals surface area contributed by atoms with Gasteiger partial charge in [-0.05, 0) is 38.3 Å². The summed E-state index contributed by atoms with van der Waals surface area (Å²) < 4.78 is 7.36. The maximum Gasteiger partial charge on any atom is 0.261 e. The van der Waals surface area contributed by atoms with Crippen molar-refractivity contribution in [3.63, 3.8) is 0 Å². The van der Waals surface area contributed by atoms with Gasteiger partial charge in [0.05, 0.1) is 6.10 Å². The molecule has 0 atom stereocenters. The van der Waals surface area contributed by atoms with E-state index in [1.165, 1.54) is 0 Å². The van der Waals surface area contributed by atoms with Crippen LogP contribution in [0.25, 0.3) is 5.65 Å². The summed E-state index contributed by atoms with van der Waals surface area (Å²) in [6, 6.07) is 1.89. The van der Waals surface area contributed by atoms with Crippen molar-refractivity contribution in [2.24, 2.45) is 0 Å². The summed E-state index contributed by atoms with van der Waals surface area (Å²) in [4.78, 5) is 16.8. The van der Waals surface area contributed by atoms with Gasteiger partial charge in [-0.1, -0.05) is 27.7 Å². The van der Waals surface area contributed by atoms with E-state index in [0.29, 0.717) is 11.4 Å². The molecular weight excluding hydrogens is 264 g/mol. The summed E-state index contributed by atoms with van der Waals surface area (Å²) >= 11 is 0. The van der Waals surface area contributed by atoms with E-state index in [0.717, 1.165) is 11.1 Å². The summed E-state index contributed by atoms with van der Waals surface area (Å²) in [6.07, 6.45) is 3.47. The van der Waals surface area contributed by atoms with Gasteiger partial charge < -0.3 is 4.74 Å². The predicted molar refractivity (Wildman–Crippen MR) is 87.4 cm³/mol. The van der Waals surface area contributed by atoms with Gasteiger partial charge in [0, 0.05) is 18.0 Å². The maximum atomic E-state index is 12.4. The first-order chi connectivity index (χ1) is 9.91. The van der Waals surface area contributed by atoms with Crippen molar-refractivity contribution in [2.75, 3.05) is 0 Å². The third-order valence-corrected chi connectivity index (χ3v) is 3.03. The van der Waals surface area contributed by atoms with Crippen molar-refractivity contribution in [3.8, 4) is 5.75 Å². The molecule has 2 aromatic heterocycles. The zero-order chi connectivity index (χ0) is 16.2. The Hall–Kier alpha value is -1.84. The molecule has 0 aliphatic heterocycles. The van der Waals surface area contributed by atoms with Crippen LogP contribution in [0.4, 0.5) is 0 Å². The van der Waals surface area contributed by atoms with Crippen LogP contribution in [0.2, 0.25) is 0 Å². The number of hydrogen-bond donors (Lipinski definition) is 0. The lowest BCUT2D eigenvalue weighted by Gasteiger charge is -2.15. The number of rotatable bonds is 3. The van der Waals surface area contributed by atoms with Crippen LogP contribution in [-0.2, 0) is 0 Å². The lowest BCUT2D eigenvalue weighted by molar-refractivity contribution is 0.242. The molecule has 0 N–H and O–H groups in total. The second-order valence-electron chi connectivity index (χ2n) is 5.36. The smallest absolute Gasteiger partial charge is 0.261 e. The molecule has 0 aliphatic carbocycles. The summed E-state index contributed by atoms with van der Waals surface area (Å²) in [5.74, 6) is 0.845. The highest BCUT2D eigenvalue weighted by molar-refractivity contribution is 5.57. The second kappa shape index (κ2) is 7.25. The molecule has 2 rings (SSSR count). The Morgan fingerprint density at radius 3 is 2.33 bits per heavy atom. The van der Waals surface area contributed by atoms with E-state index >= 15 is 0 Å². The number of ether oxygens (including phenoxy) is 1. The van der Waals surface area contributed by atoms with Gasteiger partial charge in [0.2, 0.25) is 0 Å². The van der Waals surface area contributed by atoms with E-state index in [4.69, 9.17) is 4.74 Å². The van der Waals surface area contributed by atoms with E-state index in [9.17, 15) is 4.79 Å². The number of pyridine rings is 1. The summed E-state index contributed by atoms with van der Waals surface area (Å²) in [7, 11) is 0. The summed E-state index contributed by atoms with van der Waals surface area (Å²) in [5, 5.41) is 0. The second-order valence-corrected chi connectivity index (χ2v) is 5.36. The fourth-order valence-electron chi connectivity index (χ4n) is 2.01. The van der Waals surface area contributed by atoms with Crippen molar-refractivity contribution < 1.29 is 4.74 Å². The van der Waals surface area contributed by atoms with Gasteiger partial charge >= 0.3 is 0 Å². The molecule has 0 saturated carbocycles. The number of aromatic nitrogens is 2. The minimum Gasteiger partial charge on any atom is -0.487 e. The first kappa shape index (κ1) is 17.2. The number of hydrogen-bond acceptors (Lipinski definition) is 3. The van der Waals surface area contributed by atoms with Crippen LogP contribution < -0.4 is 10.3 Å². The van der Waals surface area contributed by atoms with Crippen molar-refractivity contribution in [1.82, 2.24) is 9.38 Å². The normalized spacial score (nSPS) is 10.7. The molecule has 2 aromatic rings. The topological polar surface area (TPSA) is 43.6 Å². The van der Waals surface area contributed by atoms with Gasteiger partial charge in [-0.2, -0.15) is 0 Å². The summed E-state index contributed by atoms with van der Waals surface area (Å²) in [5.41, 5.74) is 2.27. The molecule has 0 aromatic carbocycles. The number of fused-ring (bicyclic) bond motifs is 1. The third kappa shape index (κ3) is 3.63. The Balaban J connectivity index is 0.00000106. The predicted octanol–water partition coefficient (Wildman–Crippen LogP) is 3.94. The van der Waals surface area contributed by atoms with Crippen LogP contribution in [-0.4, -0.2) is 15.5 Å². The number of nitrogens with zero attached hydrogens (tertiary/aromatic N) is 2. The molecule has 21 heavy (non-hydrogen) atoms. The molecule has 4 heteroatoms. The fraction of sp³-hybridized carbons (Fsp3) is 0.529. The van der Waals surface area contributed by atoms with Crippen molar-refractivity contribution >= 4 is 5.65 Å². The van der Waals surface area contributed by atoms with Gasteiger partial charge in [-0.25, -0.2) is 4.98 Å². The molecule has 0 amide bonds. The van der Waals surface area contributed by atoms with Gasteiger partial charge in [-0.3, -0.25) is 9.20 Å². The third-order valence-electron chi connectivity index (χ3n) is 3.03. The average molecular weight is 290 g/mol. The molecule has 0 bridgehead atoms. The van der Waals surface area contributed by atoms with Gasteiger partial charge in [-0.15, -0.1) is 0 Å². The van der Waals surface area contributed by atoms with Crippen LogP contribution >= 0.6 is 0 Å². The van der Waals surface area contributed by atoms with Gasteiger partial charge in [0.25, 0.3) is 5.56 Å². The van der Waals surface area contributed by atoms with Gasteiger partial charge in [0.1, 0.15) is 0 Å². The highest BCUT2D eigenvalue weighted by Crippen LogP contribution is 2.23. The van der Waals surface area contributed by atoms with Crippen LogP contribution in [0.5, 0.6) is 5.75 Å². The van der Waals surface area contributed by atoms with Crippen LogP contribution in [0.15, 0.2) is 23.3 Å². The number of aryl methyl sites for hydroxylation is 1. The van der Waals surface area contributed by atoms with E-state index in [2.05, 4.69) is 4.98 Å². The standard InChI is InChI=1S/C15H20N2O2.C2H6/c1-9(2)12-8-16-14-13(19-10(3)4)11(5)6-7-17(14)15(12)18;1-2/h6-10H,1-5H3;1-2H3. The van der Waals surface area contributed by atoms with E-state index in [1.54, 1.807) is 16.8 Å². The highest BCUT2D eigenvalue weighted by atomic mass is 16.5. The monoisotopic (exact) mass is 290 g/mol. The Morgan fingerprint density at radius 2 is 1.81 bits per heavy atom. The minimum absolute atomic E-state index is 0.0198. The SMILES string of the molecule is CC.Cc1ccn2c(=O)c(C(C)C)cnc2c1OC(C)C. The van der Waals surface area contributed by atoms with Crippen LogP contribution in [0.1, 0.15) is 58.6 Å². The Bertz CT molecular complexity index is 658. The quantitative estimate of drug-likeness (QED) is 0.860. The Kier molecular flexibility index (Phi) is 5.94. The lowest BCUT2D eigenvalue weighted by Crippen LogP contribution is -2.21. The molecule has 0 radical (unpaired) electrons. The van der Waals surface area contributed by atoms with Crippen molar-refractivity contribution in [1.29, 1.82) is 0 Å². The Morgan fingerprint density at radius 1 is 1.19 bits per heavy atom. The van der Waals surface area contributed by atoms with Crippen molar-refractivity contribution in [2.45, 2.75) is 60.5 Å². The zero-order valence-corrected chi connectivity index (χ0v) is 14.1. The lowest BCUT2D eigenvalue weighted by atomic mass is 10.1. The first-order valence-electron chi connectivity index (χ1n) is 7.59. The zero-order valence-electron chi connectivity index (χ0n) is 14.1. The Labute approximate surface area is 126 Å². The highest BCUT2D eigenvalue weighted by Gasteiger charge is 2.14. The molecule has 0 saturated heterocycles. The van der Waals surface area contributed by atoms with Crippen LogP contribution in [0, 0.1) is 6.92 Å².